The van der Waals surface area contributed by atoms with Crippen LogP contribution >= 0.6 is 35.6 Å². The predicted molar refractivity (Wildman–Crippen MR) is 152 cm³/mol. The van der Waals surface area contributed by atoms with E-state index >= 15 is 0 Å². The van der Waals surface area contributed by atoms with Crippen LogP contribution in [0.3, 0.4) is 0 Å². The van der Waals surface area contributed by atoms with Gasteiger partial charge < -0.3 is 9.47 Å². The first-order valence-electron chi connectivity index (χ1n) is 11.3. The van der Waals surface area contributed by atoms with Crippen LogP contribution in [0.4, 0.5) is 0 Å². The molecule has 37 heavy (non-hydrogen) atoms. The van der Waals surface area contributed by atoms with E-state index in [1.54, 1.807) is 29.9 Å². The van der Waals surface area contributed by atoms with Gasteiger partial charge in [-0.1, -0.05) is 72.0 Å². The molecule has 0 N–H and O–H groups in total. The second-order valence-corrected chi connectivity index (χ2v) is 10.2. The molecule has 1 saturated heterocycles. The summed E-state index contributed by atoms with van der Waals surface area (Å²) in [5.74, 6) is 1.04. The molecule has 0 unspecified atom stereocenters. The summed E-state index contributed by atoms with van der Waals surface area (Å²) in [4.78, 5) is 15.5. The number of carbonyl (C=O) groups excluding carboxylic acids is 1. The van der Waals surface area contributed by atoms with E-state index in [1.165, 1.54) is 11.8 Å². The summed E-state index contributed by atoms with van der Waals surface area (Å²) < 4.78 is 13.2. The number of thioether (sulfide) groups is 1. The topological polar surface area (TPSA) is 56.6 Å². The average molecular weight is 548 g/mol. The first-order chi connectivity index (χ1) is 18.0. The summed E-state index contributed by atoms with van der Waals surface area (Å²) >= 11 is 13.2. The lowest BCUT2D eigenvalue weighted by Gasteiger charge is -2.15. The highest BCUT2D eigenvalue weighted by Gasteiger charge is 2.33. The number of rotatable bonds is 7. The number of benzene rings is 3. The quantitative estimate of drug-likeness (QED) is 0.192. The highest BCUT2D eigenvalue weighted by Crippen LogP contribution is 2.38. The molecule has 4 aromatic rings. The highest BCUT2D eigenvalue weighted by molar-refractivity contribution is 8.26. The van der Waals surface area contributed by atoms with Crippen LogP contribution < -0.4 is 9.47 Å². The molecule has 1 amide bonds. The maximum absolute atomic E-state index is 13.4. The van der Waals surface area contributed by atoms with Crippen molar-refractivity contribution in [1.82, 2.24) is 14.7 Å². The maximum atomic E-state index is 13.4. The van der Waals surface area contributed by atoms with Gasteiger partial charge in [-0.2, -0.15) is 5.10 Å². The van der Waals surface area contributed by atoms with Crippen LogP contribution in [0.15, 0.2) is 83.9 Å². The Kier molecular flexibility index (Phi) is 7.32. The Morgan fingerprint density at radius 2 is 1.73 bits per heavy atom. The van der Waals surface area contributed by atoms with Crippen molar-refractivity contribution < 1.29 is 14.3 Å². The smallest absolute Gasteiger partial charge is 0.266 e. The lowest BCUT2D eigenvalue weighted by molar-refractivity contribution is -0.122. The van der Waals surface area contributed by atoms with Crippen molar-refractivity contribution in [3.05, 3.63) is 100 Å². The molecule has 0 bridgehead atoms. The van der Waals surface area contributed by atoms with Gasteiger partial charge in [-0.3, -0.25) is 9.69 Å². The molecule has 6 nitrogen and oxygen atoms in total. The fourth-order valence-corrected chi connectivity index (χ4v) is 5.43. The molecule has 0 spiro atoms. The van der Waals surface area contributed by atoms with Gasteiger partial charge in [0, 0.05) is 22.3 Å². The van der Waals surface area contributed by atoms with Crippen molar-refractivity contribution in [3.8, 4) is 28.4 Å². The highest BCUT2D eigenvalue weighted by atomic mass is 35.5. The van der Waals surface area contributed by atoms with Gasteiger partial charge in [-0.05, 0) is 48.0 Å². The molecular formula is C28H22ClN3O3S2. The van der Waals surface area contributed by atoms with E-state index in [4.69, 9.17) is 38.4 Å². The number of halogens is 1. The zero-order valence-electron chi connectivity index (χ0n) is 20.1. The summed E-state index contributed by atoms with van der Waals surface area (Å²) in [6.07, 6.45) is 3.74. The number of ether oxygens (including phenoxy) is 2. The average Bonchev–Trinajstić information content (AvgIpc) is 3.46. The van der Waals surface area contributed by atoms with Crippen molar-refractivity contribution in [2.24, 2.45) is 0 Å². The minimum absolute atomic E-state index is 0.166. The number of methoxy groups -OCH3 is 2. The SMILES string of the molecule is COc1ccc(-c2nn(-c3ccccc3)cc2/C=C2\SC(=S)N(Cc3ccccc3Cl)C2=O)cc1OC. The number of nitrogens with zero attached hydrogens (tertiary/aromatic N) is 3. The first kappa shape index (κ1) is 25.1. The monoisotopic (exact) mass is 547 g/mol. The van der Waals surface area contributed by atoms with Crippen molar-refractivity contribution in [2.75, 3.05) is 14.2 Å². The lowest BCUT2D eigenvalue weighted by Crippen LogP contribution is -2.27. The fraction of sp³-hybridized carbons (Fsp3) is 0.107. The molecule has 1 aromatic heterocycles. The molecule has 0 radical (unpaired) electrons. The molecule has 5 rings (SSSR count). The summed E-state index contributed by atoms with van der Waals surface area (Å²) in [5.41, 5.74) is 4.03. The molecule has 1 fully saturated rings. The van der Waals surface area contributed by atoms with Crippen LogP contribution in [0.1, 0.15) is 11.1 Å². The number of amides is 1. The van der Waals surface area contributed by atoms with Gasteiger partial charge in [0.2, 0.25) is 0 Å². The summed E-state index contributed by atoms with van der Waals surface area (Å²) in [6, 6.07) is 22.9. The van der Waals surface area contributed by atoms with E-state index in [2.05, 4.69) is 0 Å². The summed E-state index contributed by atoms with van der Waals surface area (Å²) in [7, 11) is 3.19. The standard InChI is InChI=1S/C28H22ClN3O3S2/c1-34-23-13-12-18(14-24(23)35-2)26-20(17-32(30-26)21-9-4-3-5-10-21)15-25-27(33)31(28(36)37-25)16-19-8-6-7-11-22(19)29/h3-15,17H,16H2,1-2H3/b25-15-. The number of para-hydroxylation sites is 1. The number of carbonyl (C=O) groups is 1. The van der Waals surface area contributed by atoms with Gasteiger partial charge in [-0.25, -0.2) is 4.68 Å². The third-order valence-corrected chi connectivity index (χ3v) is 7.61. The minimum atomic E-state index is -0.166. The molecule has 0 saturated carbocycles. The molecule has 3 aromatic carbocycles. The van der Waals surface area contributed by atoms with Crippen LogP contribution in [-0.4, -0.2) is 39.1 Å². The van der Waals surface area contributed by atoms with Gasteiger partial charge in [0.05, 0.1) is 31.4 Å². The van der Waals surface area contributed by atoms with Crippen molar-refractivity contribution >= 4 is 51.9 Å². The molecular weight excluding hydrogens is 526 g/mol. The Labute approximate surface area is 229 Å². The zero-order valence-corrected chi connectivity index (χ0v) is 22.4. The normalized spacial score (nSPS) is 14.5. The van der Waals surface area contributed by atoms with Gasteiger partial charge in [0.1, 0.15) is 10.0 Å². The van der Waals surface area contributed by atoms with Crippen LogP contribution in [0.25, 0.3) is 23.0 Å². The summed E-state index contributed by atoms with van der Waals surface area (Å²) in [5, 5.41) is 5.45. The number of hydrogen-bond acceptors (Lipinski definition) is 6. The minimum Gasteiger partial charge on any atom is -0.493 e. The van der Waals surface area contributed by atoms with E-state index in [9.17, 15) is 4.79 Å². The summed E-state index contributed by atoms with van der Waals surface area (Å²) in [6.45, 7) is 0.313. The number of hydrogen-bond donors (Lipinski definition) is 0. The number of thiocarbonyl (C=S) groups is 1. The fourth-order valence-electron chi connectivity index (χ4n) is 3.99. The van der Waals surface area contributed by atoms with E-state index in [0.717, 1.165) is 22.4 Å². The van der Waals surface area contributed by atoms with Crippen molar-refractivity contribution in [3.63, 3.8) is 0 Å². The molecule has 0 aliphatic carbocycles. The third kappa shape index (κ3) is 5.13. The largest absolute Gasteiger partial charge is 0.493 e. The molecule has 9 heteroatoms. The second kappa shape index (κ2) is 10.8. The number of aromatic nitrogens is 2. The Balaban J connectivity index is 1.55. The van der Waals surface area contributed by atoms with Crippen LogP contribution in [0, 0.1) is 0 Å². The third-order valence-electron chi connectivity index (χ3n) is 5.87. The van der Waals surface area contributed by atoms with Gasteiger partial charge in [0.25, 0.3) is 5.91 Å². The predicted octanol–water partition coefficient (Wildman–Crippen LogP) is 6.61. The first-order valence-corrected chi connectivity index (χ1v) is 12.9. The Morgan fingerprint density at radius 1 is 1.00 bits per heavy atom. The van der Waals surface area contributed by atoms with E-state index in [1.807, 2.05) is 79.0 Å². The van der Waals surface area contributed by atoms with Gasteiger partial charge >= 0.3 is 0 Å². The molecule has 0 atom stereocenters. The van der Waals surface area contributed by atoms with E-state index in [0.29, 0.717) is 38.0 Å². The Bertz CT molecular complexity index is 1520. The molecule has 2 heterocycles. The molecule has 186 valence electrons. The Morgan fingerprint density at radius 3 is 2.46 bits per heavy atom. The lowest BCUT2D eigenvalue weighted by atomic mass is 10.1. The van der Waals surface area contributed by atoms with E-state index < -0.39 is 0 Å². The second-order valence-electron chi connectivity index (χ2n) is 8.14. The Hall–Kier alpha value is -3.59. The van der Waals surface area contributed by atoms with Gasteiger partial charge in [0.15, 0.2) is 11.5 Å². The van der Waals surface area contributed by atoms with Gasteiger partial charge in [-0.15, -0.1) is 0 Å². The molecule has 1 aliphatic rings. The van der Waals surface area contributed by atoms with Crippen molar-refractivity contribution in [1.29, 1.82) is 0 Å². The molecule has 1 aliphatic heterocycles. The van der Waals surface area contributed by atoms with E-state index in [-0.39, 0.29) is 5.91 Å². The van der Waals surface area contributed by atoms with Crippen LogP contribution in [0.5, 0.6) is 11.5 Å². The van der Waals surface area contributed by atoms with Crippen molar-refractivity contribution in [2.45, 2.75) is 6.54 Å². The maximum Gasteiger partial charge on any atom is 0.266 e. The van der Waals surface area contributed by atoms with Crippen LogP contribution in [0.2, 0.25) is 5.02 Å². The van der Waals surface area contributed by atoms with Crippen LogP contribution in [-0.2, 0) is 11.3 Å². The zero-order chi connectivity index (χ0) is 25.9.